The summed E-state index contributed by atoms with van der Waals surface area (Å²) in [6.45, 7) is 4.04. The van der Waals surface area contributed by atoms with Crippen LogP contribution in [0.25, 0.3) is 6.08 Å². The summed E-state index contributed by atoms with van der Waals surface area (Å²) < 4.78 is 1.77. The molecule has 0 saturated heterocycles. The van der Waals surface area contributed by atoms with Crippen molar-refractivity contribution in [2.45, 2.75) is 19.9 Å². The molecule has 1 N–H and O–H groups in total. The Morgan fingerprint density at radius 1 is 1.50 bits per heavy atom. The van der Waals surface area contributed by atoms with Gasteiger partial charge in [0, 0.05) is 23.1 Å². The highest BCUT2D eigenvalue weighted by Gasteiger charge is 2.07. The molecule has 0 saturated carbocycles. The van der Waals surface area contributed by atoms with E-state index < -0.39 is 0 Å². The van der Waals surface area contributed by atoms with Gasteiger partial charge in [-0.25, -0.2) is 4.68 Å². The molecular formula is C13H15N3OS. The number of hydrogen-bond donors (Lipinski definition) is 1. The number of anilines is 1. The zero-order valence-electron chi connectivity index (χ0n) is 10.3. The summed E-state index contributed by atoms with van der Waals surface area (Å²) in [7, 11) is 0. The van der Waals surface area contributed by atoms with Crippen LogP contribution in [0.1, 0.15) is 24.8 Å². The van der Waals surface area contributed by atoms with E-state index in [2.05, 4.69) is 10.4 Å². The lowest BCUT2D eigenvalue weighted by atomic mass is 10.4. The molecule has 2 rings (SSSR count). The molecule has 0 fully saturated rings. The Morgan fingerprint density at radius 3 is 3.00 bits per heavy atom. The van der Waals surface area contributed by atoms with Crippen LogP contribution in [0.5, 0.6) is 0 Å². The van der Waals surface area contributed by atoms with Gasteiger partial charge in [-0.1, -0.05) is 6.07 Å². The smallest absolute Gasteiger partial charge is 0.249 e. The monoisotopic (exact) mass is 261 g/mol. The summed E-state index contributed by atoms with van der Waals surface area (Å²) in [6, 6.07) is 5.93. The zero-order chi connectivity index (χ0) is 13.0. The van der Waals surface area contributed by atoms with Gasteiger partial charge in [0.2, 0.25) is 5.91 Å². The fourth-order valence-electron chi connectivity index (χ4n) is 1.54. The van der Waals surface area contributed by atoms with Crippen LogP contribution in [-0.4, -0.2) is 15.7 Å². The van der Waals surface area contributed by atoms with E-state index in [-0.39, 0.29) is 11.9 Å². The van der Waals surface area contributed by atoms with Crippen molar-refractivity contribution in [3.63, 3.8) is 0 Å². The van der Waals surface area contributed by atoms with Gasteiger partial charge in [-0.15, -0.1) is 11.3 Å². The van der Waals surface area contributed by atoms with Crippen molar-refractivity contribution in [2.24, 2.45) is 0 Å². The molecule has 4 nitrogen and oxygen atoms in total. The number of thiophene rings is 1. The van der Waals surface area contributed by atoms with Crippen molar-refractivity contribution < 1.29 is 4.79 Å². The predicted molar refractivity (Wildman–Crippen MR) is 74.6 cm³/mol. The molecule has 5 heteroatoms. The second-order valence-corrected chi connectivity index (χ2v) is 5.07. The Labute approximate surface area is 110 Å². The maximum atomic E-state index is 11.7. The van der Waals surface area contributed by atoms with Crippen LogP contribution in [0.3, 0.4) is 0 Å². The number of carbonyl (C=O) groups excluding carboxylic acids is 1. The van der Waals surface area contributed by atoms with Gasteiger partial charge in [-0.05, 0) is 31.4 Å². The number of amides is 1. The standard InChI is InChI=1S/C13H15N3OS/c1-10(2)16-12(7-8-14-16)15-13(17)6-5-11-4-3-9-18-11/h3-10H,1-2H3,(H,15,17). The lowest BCUT2D eigenvalue weighted by Gasteiger charge is -2.10. The van der Waals surface area contributed by atoms with E-state index >= 15 is 0 Å². The third-order valence-electron chi connectivity index (χ3n) is 2.35. The van der Waals surface area contributed by atoms with E-state index in [1.807, 2.05) is 31.4 Å². The van der Waals surface area contributed by atoms with Crippen molar-refractivity contribution in [3.8, 4) is 0 Å². The van der Waals surface area contributed by atoms with Crippen LogP contribution in [0.15, 0.2) is 35.9 Å². The Morgan fingerprint density at radius 2 is 2.33 bits per heavy atom. The Bertz CT molecular complexity index is 540. The molecule has 2 aromatic rings. The van der Waals surface area contributed by atoms with Crippen molar-refractivity contribution in [1.29, 1.82) is 0 Å². The molecule has 94 valence electrons. The number of carbonyl (C=O) groups is 1. The largest absolute Gasteiger partial charge is 0.307 e. The molecule has 2 aromatic heterocycles. The summed E-state index contributed by atoms with van der Waals surface area (Å²) in [5, 5.41) is 8.95. The summed E-state index contributed by atoms with van der Waals surface area (Å²) in [6.07, 6.45) is 5.01. The highest BCUT2D eigenvalue weighted by Crippen LogP contribution is 2.14. The first-order valence-electron chi connectivity index (χ1n) is 5.73. The second kappa shape index (κ2) is 5.64. The molecule has 0 aromatic carbocycles. The van der Waals surface area contributed by atoms with Crippen LogP contribution in [0.2, 0.25) is 0 Å². The minimum Gasteiger partial charge on any atom is -0.307 e. The average Bonchev–Trinajstić information content (AvgIpc) is 2.96. The maximum Gasteiger partial charge on any atom is 0.249 e. The Kier molecular flexibility index (Phi) is 3.94. The summed E-state index contributed by atoms with van der Waals surface area (Å²) in [5.74, 6) is 0.566. The first-order valence-corrected chi connectivity index (χ1v) is 6.61. The van der Waals surface area contributed by atoms with Crippen LogP contribution >= 0.6 is 11.3 Å². The zero-order valence-corrected chi connectivity index (χ0v) is 11.1. The molecule has 0 spiro atoms. The van der Waals surface area contributed by atoms with E-state index in [1.165, 1.54) is 6.08 Å². The molecule has 0 aliphatic carbocycles. The fraction of sp³-hybridized carbons (Fsp3) is 0.231. The lowest BCUT2D eigenvalue weighted by Crippen LogP contribution is -2.14. The molecule has 0 unspecified atom stereocenters. The maximum absolute atomic E-state index is 11.7. The average molecular weight is 261 g/mol. The van der Waals surface area contributed by atoms with Crippen LogP contribution in [0.4, 0.5) is 5.82 Å². The SMILES string of the molecule is CC(C)n1nccc1NC(=O)C=Cc1cccs1. The van der Waals surface area contributed by atoms with E-state index in [1.54, 1.807) is 34.4 Å². The Hall–Kier alpha value is -1.88. The number of rotatable bonds is 4. The summed E-state index contributed by atoms with van der Waals surface area (Å²) in [4.78, 5) is 12.8. The van der Waals surface area contributed by atoms with Crippen molar-refractivity contribution >= 4 is 29.1 Å². The number of aromatic nitrogens is 2. The molecule has 18 heavy (non-hydrogen) atoms. The third-order valence-corrected chi connectivity index (χ3v) is 3.19. The molecule has 2 heterocycles. The normalized spacial score (nSPS) is 11.3. The van der Waals surface area contributed by atoms with Gasteiger partial charge < -0.3 is 5.32 Å². The molecule has 0 bridgehead atoms. The highest BCUT2D eigenvalue weighted by atomic mass is 32.1. The van der Waals surface area contributed by atoms with Gasteiger partial charge in [-0.2, -0.15) is 5.10 Å². The van der Waals surface area contributed by atoms with Crippen LogP contribution in [-0.2, 0) is 4.79 Å². The topological polar surface area (TPSA) is 46.9 Å². The quantitative estimate of drug-likeness (QED) is 0.859. The molecule has 0 atom stereocenters. The van der Waals surface area contributed by atoms with Gasteiger partial charge in [-0.3, -0.25) is 4.79 Å². The van der Waals surface area contributed by atoms with Crippen LogP contribution < -0.4 is 5.32 Å². The molecular weight excluding hydrogens is 246 g/mol. The van der Waals surface area contributed by atoms with Gasteiger partial charge in [0.25, 0.3) is 0 Å². The lowest BCUT2D eigenvalue weighted by molar-refractivity contribution is -0.111. The van der Waals surface area contributed by atoms with Crippen molar-refractivity contribution in [2.75, 3.05) is 5.32 Å². The third kappa shape index (κ3) is 3.07. The molecule has 0 aliphatic rings. The second-order valence-electron chi connectivity index (χ2n) is 4.09. The first-order chi connectivity index (χ1) is 8.66. The molecule has 0 radical (unpaired) electrons. The summed E-state index contributed by atoms with van der Waals surface area (Å²) in [5.41, 5.74) is 0. The number of hydrogen-bond acceptors (Lipinski definition) is 3. The van der Waals surface area contributed by atoms with Gasteiger partial charge in [0.05, 0.1) is 6.20 Å². The van der Waals surface area contributed by atoms with E-state index in [0.29, 0.717) is 5.82 Å². The summed E-state index contributed by atoms with van der Waals surface area (Å²) >= 11 is 1.60. The predicted octanol–water partition coefficient (Wildman–Crippen LogP) is 3.18. The molecule has 1 amide bonds. The highest BCUT2D eigenvalue weighted by molar-refractivity contribution is 7.10. The van der Waals surface area contributed by atoms with Crippen molar-refractivity contribution in [1.82, 2.24) is 9.78 Å². The van der Waals surface area contributed by atoms with Crippen molar-refractivity contribution in [3.05, 3.63) is 40.7 Å². The number of nitrogens with one attached hydrogen (secondary N) is 1. The molecule has 0 aliphatic heterocycles. The minimum absolute atomic E-state index is 0.147. The minimum atomic E-state index is -0.147. The van der Waals surface area contributed by atoms with Gasteiger partial charge in [0.1, 0.15) is 5.82 Å². The first kappa shape index (κ1) is 12.6. The number of nitrogens with zero attached hydrogens (tertiary/aromatic N) is 2. The van der Waals surface area contributed by atoms with Crippen LogP contribution in [0, 0.1) is 0 Å². The van der Waals surface area contributed by atoms with E-state index in [4.69, 9.17) is 0 Å². The fourth-order valence-corrected chi connectivity index (χ4v) is 2.15. The van der Waals surface area contributed by atoms with Gasteiger partial charge in [0.15, 0.2) is 0 Å². The van der Waals surface area contributed by atoms with E-state index in [0.717, 1.165) is 4.88 Å². The van der Waals surface area contributed by atoms with Gasteiger partial charge >= 0.3 is 0 Å². The van der Waals surface area contributed by atoms with E-state index in [9.17, 15) is 4.79 Å². The Balaban J connectivity index is 2.01.